The number of carbonyl (C=O) groups excluding carboxylic acids is 2. The molecule has 0 saturated carbocycles. The normalized spacial score (nSPS) is 16.3. The summed E-state index contributed by atoms with van der Waals surface area (Å²) < 4.78 is 45.0. The molecule has 4 aromatic rings. The van der Waals surface area contributed by atoms with E-state index < -0.39 is 35.2 Å². The summed E-state index contributed by atoms with van der Waals surface area (Å²) in [5.41, 5.74) is 0.589. The molecule has 2 heterocycles. The molecule has 1 aromatic heterocycles. The molecule has 36 heavy (non-hydrogen) atoms. The lowest BCUT2D eigenvalue weighted by Crippen LogP contribution is -2.31. The summed E-state index contributed by atoms with van der Waals surface area (Å²) in [6, 6.07) is 16.1. The fraction of sp³-hybridized carbons (Fsp3) is 0.111. The summed E-state index contributed by atoms with van der Waals surface area (Å²) in [6.45, 7) is 1.77. The summed E-state index contributed by atoms with van der Waals surface area (Å²) in [5, 5.41) is 11.9. The van der Waals surface area contributed by atoms with Crippen molar-refractivity contribution in [3.63, 3.8) is 0 Å². The van der Waals surface area contributed by atoms with Gasteiger partial charge in [0.1, 0.15) is 5.58 Å². The average Bonchev–Trinajstić information content (AvgIpc) is 3.37. The largest absolute Gasteiger partial charge is 0.503 e. The van der Waals surface area contributed by atoms with Crippen LogP contribution in [0.4, 0.5) is 18.9 Å². The Labute approximate surface area is 208 Å². The lowest BCUT2D eigenvalue weighted by atomic mass is 9.92. The fourth-order valence-electron chi connectivity index (χ4n) is 4.36. The van der Waals surface area contributed by atoms with Crippen LogP contribution in [0.3, 0.4) is 0 Å². The Bertz CT molecular complexity index is 1550. The molecule has 0 saturated heterocycles. The Balaban J connectivity index is 1.64. The number of furan rings is 1. The molecule has 182 valence electrons. The van der Waals surface area contributed by atoms with Crippen molar-refractivity contribution >= 4 is 39.9 Å². The first-order chi connectivity index (χ1) is 17.1. The SMILES string of the molecule is Cc1ccccc1C1C(C(=O)c2cc3cc(Cl)ccc3o2)=C(O)C(=O)N1c1ccc(C(F)(F)F)cc1. The molecule has 5 rings (SSSR count). The number of hydrogen-bond acceptors (Lipinski definition) is 4. The van der Waals surface area contributed by atoms with Crippen LogP contribution >= 0.6 is 11.6 Å². The van der Waals surface area contributed by atoms with E-state index in [4.69, 9.17) is 16.0 Å². The second kappa shape index (κ2) is 8.57. The summed E-state index contributed by atoms with van der Waals surface area (Å²) in [6.07, 6.45) is -4.56. The highest BCUT2D eigenvalue weighted by Crippen LogP contribution is 2.44. The van der Waals surface area contributed by atoms with Gasteiger partial charge in [-0.2, -0.15) is 13.2 Å². The zero-order valence-electron chi connectivity index (χ0n) is 18.6. The van der Waals surface area contributed by atoms with Gasteiger partial charge < -0.3 is 9.52 Å². The maximum Gasteiger partial charge on any atom is 0.416 e. The first-order valence-corrected chi connectivity index (χ1v) is 11.2. The molecular formula is C27H17ClF3NO4. The zero-order valence-corrected chi connectivity index (χ0v) is 19.4. The number of anilines is 1. The average molecular weight is 512 g/mol. The van der Waals surface area contributed by atoms with E-state index in [1.165, 1.54) is 6.07 Å². The molecule has 0 radical (unpaired) electrons. The molecule has 0 bridgehead atoms. The highest BCUT2D eigenvalue weighted by Gasteiger charge is 2.46. The summed E-state index contributed by atoms with van der Waals surface area (Å²) in [4.78, 5) is 28.0. The van der Waals surface area contributed by atoms with Crippen molar-refractivity contribution in [3.8, 4) is 0 Å². The van der Waals surface area contributed by atoms with Gasteiger partial charge in [0, 0.05) is 16.1 Å². The number of nitrogens with zero attached hydrogens (tertiary/aromatic N) is 1. The highest BCUT2D eigenvalue weighted by atomic mass is 35.5. The van der Waals surface area contributed by atoms with E-state index in [1.54, 1.807) is 49.4 Å². The third-order valence-corrected chi connectivity index (χ3v) is 6.35. The maximum absolute atomic E-state index is 13.6. The van der Waals surface area contributed by atoms with Crippen LogP contribution in [0.1, 0.15) is 33.3 Å². The van der Waals surface area contributed by atoms with Gasteiger partial charge in [-0.3, -0.25) is 14.5 Å². The molecule has 0 aliphatic carbocycles. The molecule has 0 spiro atoms. The third-order valence-electron chi connectivity index (χ3n) is 6.11. The number of aliphatic hydroxyl groups is 1. The van der Waals surface area contributed by atoms with E-state index in [0.29, 0.717) is 27.1 Å². The van der Waals surface area contributed by atoms with E-state index in [0.717, 1.165) is 29.2 Å². The number of Topliss-reactive ketones (excluding diaryl/α,β-unsaturated/α-hetero) is 1. The summed E-state index contributed by atoms with van der Waals surface area (Å²) >= 11 is 6.03. The first-order valence-electron chi connectivity index (χ1n) is 10.8. The number of ketones is 1. The number of carbonyl (C=O) groups is 2. The van der Waals surface area contributed by atoms with Crippen LogP contribution in [0.5, 0.6) is 0 Å². The third kappa shape index (κ3) is 3.93. The van der Waals surface area contributed by atoms with Gasteiger partial charge in [-0.15, -0.1) is 0 Å². The standard InChI is InChI=1S/C27H17ClF3NO4/c1-14-4-2-3-5-19(14)23-22(24(33)21-13-15-12-17(28)8-11-20(15)36-21)25(34)26(35)32(23)18-9-6-16(7-10-18)27(29,30)31/h2-13,23,34H,1H3. The van der Waals surface area contributed by atoms with E-state index >= 15 is 0 Å². The van der Waals surface area contributed by atoms with Gasteiger partial charge in [0.05, 0.1) is 17.2 Å². The van der Waals surface area contributed by atoms with Crippen LogP contribution < -0.4 is 4.90 Å². The lowest BCUT2D eigenvalue weighted by Gasteiger charge is -2.28. The number of benzene rings is 3. The Morgan fingerprint density at radius 1 is 1.03 bits per heavy atom. The van der Waals surface area contributed by atoms with Crippen molar-refractivity contribution in [1.29, 1.82) is 0 Å². The number of amides is 1. The Morgan fingerprint density at radius 2 is 1.72 bits per heavy atom. The van der Waals surface area contributed by atoms with Crippen LogP contribution in [0.25, 0.3) is 11.0 Å². The van der Waals surface area contributed by atoms with Crippen molar-refractivity contribution < 1.29 is 32.3 Å². The van der Waals surface area contributed by atoms with Crippen LogP contribution in [0, 0.1) is 6.92 Å². The van der Waals surface area contributed by atoms with Crippen molar-refractivity contribution in [3.05, 3.63) is 112 Å². The van der Waals surface area contributed by atoms with Crippen LogP contribution in [0.15, 0.2) is 88.5 Å². The summed E-state index contributed by atoms with van der Waals surface area (Å²) in [7, 11) is 0. The highest BCUT2D eigenvalue weighted by molar-refractivity contribution is 6.31. The number of aryl methyl sites for hydroxylation is 1. The molecule has 1 atom stereocenters. The molecule has 1 aliphatic heterocycles. The molecule has 1 unspecified atom stereocenters. The molecule has 9 heteroatoms. The zero-order chi connectivity index (χ0) is 25.8. The quantitative estimate of drug-likeness (QED) is 0.294. The van der Waals surface area contributed by atoms with Gasteiger partial charge in [0.25, 0.3) is 5.91 Å². The van der Waals surface area contributed by atoms with E-state index in [9.17, 15) is 27.9 Å². The Kier molecular flexibility index (Phi) is 5.64. The van der Waals surface area contributed by atoms with E-state index in [2.05, 4.69) is 0 Å². The Hall–Kier alpha value is -4.04. The van der Waals surface area contributed by atoms with E-state index in [1.807, 2.05) is 0 Å². The minimum Gasteiger partial charge on any atom is -0.503 e. The fourth-order valence-corrected chi connectivity index (χ4v) is 4.54. The minimum atomic E-state index is -4.56. The van der Waals surface area contributed by atoms with Crippen molar-refractivity contribution in [2.45, 2.75) is 19.1 Å². The minimum absolute atomic E-state index is 0.0898. The molecule has 5 nitrogen and oxygen atoms in total. The lowest BCUT2D eigenvalue weighted by molar-refractivity contribution is -0.137. The number of rotatable bonds is 4. The van der Waals surface area contributed by atoms with Gasteiger partial charge in [0.2, 0.25) is 5.78 Å². The molecule has 1 N–H and O–H groups in total. The predicted molar refractivity (Wildman–Crippen MR) is 128 cm³/mol. The molecule has 0 fully saturated rings. The molecule has 1 amide bonds. The van der Waals surface area contributed by atoms with Gasteiger partial charge in [-0.25, -0.2) is 0 Å². The number of fused-ring (bicyclic) bond motifs is 1. The van der Waals surface area contributed by atoms with Crippen molar-refractivity contribution in [2.75, 3.05) is 4.90 Å². The van der Waals surface area contributed by atoms with Crippen LogP contribution in [-0.4, -0.2) is 16.8 Å². The van der Waals surface area contributed by atoms with Crippen molar-refractivity contribution in [1.82, 2.24) is 0 Å². The van der Waals surface area contributed by atoms with Crippen LogP contribution in [-0.2, 0) is 11.0 Å². The smallest absolute Gasteiger partial charge is 0.416 e. The van der Waals surface area contributed by atoms with Gasteiger partial charge in [-0.1, -0.05) is 35.9 Å². The number of alkyl halides is 3. The predicted octanol–water partition coefficient (Wildman–Crippen LogP) is 7.20. The molecule has 1 aliphatic rings. The van der Waals surface area contributed by atoms with Gasteiger partial charge >= 0.3 is 6.18 Å². The second-order valence-electron chi connectivity index (χ2n) is 8.36. The molecular weight excluding hydrogens is 495 g/mol. The monoisotopic (exact) mass is 511 g/mol. The number of halogens is 4. The van der Waals surface area contributed by atoms with Gasteiger partial charge in [-0.05, 0) is 66.6 Å². The Morgan fingerprint density at radius 3 is 2.39 bits per heavy atom. The first kappa shape index (κ1) is 23.7. The second-order valence-corrected chi connectivity index (χ2v) is 8.80. The van der Waals surface area contributed by atoms with Gasteiger partial charge in [0.15, 0.2) is 11.5 Å². The number of aliphatic hydroxyl groups excluding tert-OH is 1. The summed E-state index contributed by atoms with van der Waals surface area (Å²) in [5.74, 6) is -2.55. The van der Waals surface area contributed by atoms with Crippen molar-refractivity contribution in [2.24, 2.45) is 0 Å². The maximum atomic E-state index is 13.6. The van der Waals surface area contributed by atoms with Crippen LogP contribution in [0.2, 0.25) is 5.02 Å². The van der Waals surface area contributed by atoms with E-state index in [-0.39, 0.29) is 17.0 Å². The number of hydrogen-bond donors (Lipinski definition) is 1. The topological polar surface area (TPSA) is 70.7 Å². The molecule has 3 aromatic carbocycles.